The number of ketones is 1. The molecule has 0 fully saturated rings. The molecular formula is C12H12N2O2S. The van der Waals surface area contributed by atoms with Crippen LogP contribution in [-0.2, 0) is 6.42 Å². The zero-order valence-corrected chi connectivity index (χ0v) is 10.2. The number of ether oxygens (including phenoxy) is 1. The summed E-state index contributed by atoms with van der Waals surface area (Å²) < 4.78 is 5.07. The molecule has 2 N–H and O–H groups in total. The highest BCUT2D eigenvalue weighted by molar-refractivity contribution is 7.09. The first-order chi connectivity index (χ1) is 8.20. The van der Waals surface area contributed by atoms with Gasteiger partial charge in [-0.15, -0.1) is 11.3 Å². The minimum Gasteiger partial charge on any atom is -0.497 e. The molecule has 0 saturated heterocycles. The SMILES string of the molecule is COc1ccc(N)c(C(=O)Cc2nccs2)c1. The fraction of sp³-hybridized carbons (Fsp3) is 0.167. The number of nitrogens with zero attached hydrogens (tertiary/aromatic N) is 1. The van der Waals surface area contributed by atoms with E-state index in [-0.39, 0.29) is 12.2 Å². The number of carbonyl (C=O) groups excluding carboxylic acids is 1. The summed E-state index contributed by atoms with van der Waals surface area (Å²) in [6, 6.07) is 5.06. The van der Waals surface area contributed by atoms with Crippen LogP contribution < -0.4 is 10.5 Å². The Kier molecular flexibility index (Phi) is 3.39. The van der Waals surface area contributed by atoms with Gasteiger partial charge in [0, 0.05) is 22.8 Å². The van der Waals surface area contributed by atoms with Crippen molar-refractivity contribution in [2.24, 2.45) is 0 Å². The van der Waals surface area contributed by atoms with E-state index in [1.54, 1.807) is 31.5 Å². The number of nitrogens with two attached hydrogens (primary N) is 1. The molecule has 1 heterocycles. The van der Waals surface area contributed by atoms with Crippen LogP contribution in [0, 0.1) is 0 Å². The normalized spacial score (nSPS) is 10.2. The quantitative estimate of drug-likeness (QED) is 0.665. The Bertz CT molecular complexity index is 523. The van der Waals surface area contributed by atoms with E-state index in [2.05, 4.69) is 4.98 Å². The second-order valence-corrected chi connectivity index (χ2v) is 4.46. The van der Waals surface area contributed by atoms with Gasteiger partial charge in [0.05, 0.1) is 13.5 Å². The molecule has 88 valence electrons. The van der Waals surface area contributed by atoms with Gasteiger partial charge >= 0.3 is 0 Å². The van der Waals surface area contributed by atoms with Crippen LogP contribution in [0.5, 0.6) is 5.75 Å². The Hall–Kier alpha value is -1.88. The lowest BCUT2D eigenvalue weighted by atomic mass is 10.1. The molecule has 0 aliphatic heterocycles. The first-order valence-corrected chi connectivity index (χ1v) is 5.93. The summed E-state index contributed by atoms with van der Waals surface area (Å²) in [5.74, 6) is 0.582. The second kappa shape index (κ2) is 4.97. The van der Waals surface area contributed by atoms with E-state index in [9.17, 15) is 4.79 Å². The van der Waals surface area contributed by atoms with Gasteiger partial charge in [-0.3, -0.25) is 4.79 Å². The molecule has 0 amide bonds. The monoisotopic (exact) mass is 248 g/mol. The fourth-order valence-electron chi connectivity index (χ4n) is 1.48. The zero-order chi connectivity index (χ0) is 12.3. The summed E-state index contributed by atoms with van der Waals surface area (Å²) in [6.45, 7) is 0. The molecule has 4 nitrogen and oxygen atoms in total. The maximum Gasteiger partial charge on any atom is 0.171 e. The van der Waals surface area contributed by atoms with Crippen LogP contribution in [0.1, 0.15) is 15.4 Å². The van der Waals surface area contributed by atoms with Gasteiger partial charge in [0.1, 0.15) is 10.8 Å². The molecular weight excluding hydrogens is 236 g/mol. The van der Waals surface area contributed by atoms with E-state index in [0.717, 1.165) is 5.01 Å². The molecule has 0 unspecified atom stereocenters. The number of rotatable bonds is 4. The van der Waals surface area contributed by atoms with Crippen molar-refractivity contribution in [3.8, 4) is 5.75 Å². The van der Waals surface area contributed by atoms with Gasteiger partial charge in [-0.25, -0.2) is 4.98 Å². The molecule has 1 aromatic carbocycles. The highest BCUT2D eigenvalue weighted by Gasteiger charge is 2.13. The van der Waals surface area contributed by atoms with Gasteiger partial charge in [0.2, 0.25) is 0 Å². The maximum absolute atomic E-state index is 12.0. The molecule has 2 rings (SSSR count). The van der Waals surface area contributed by atoms with Crippen LogP contribution >= 0.6 is 11.3 Å². The van der Waals surface area contributed by atoms with E-state index < -0.39 is 0 Å². The van der Waals surface area contributed by atoms with Crippen LogP contribution in [0.2, 0.25) is 0 Å². The van der Waals surface area contributed by atoms with Crippen molar-refractivity contribution >= 4 is 22.8 Å². The van der Waals surface area contributed by atoms with Crippen molar-refractivity contribution in [2.45, 2.75) is 6.42 Å². The van der Waals surface area contributed by atoms with Crippen molar-refractivity contribution in [2.75, 3.05) is 12.8 Å². The number of aromatic nitrogens is 1. The molecule has 1 aromatic heterocycles. The molecule has 0 aliphatic carbocycles. The van der Waals surface area contributed by atoms with Crippen molar-refractivity contribution in [3.63, 3.8) is 0 Å². The maximum atomic E-state index is 12.0. The number of methoxy groups -OCH3 is 1. The van der Waals surface area contributed by atoms with Crippen LogP contribution in [0.15, 0.2) is 29.8 Å². The number of Topliss-reactive ketones (excluding diaryl/α,β-unsaturated/α-hetero) is 1. The number of thiazole rings is 1. The van der Waals surface area contributed by atoms with E-state index in [1.165, 1.54) is 11.3 Å². The Morgan fingerprint density at radius 3 is 3.00 bits per heavy atom. The van der Waals surface area contributed by atoms with E-state index in [1.807, 2.05) is 5.38 Å². The average molecular weight is 248 g/mol. The zero-order valence-electron chi connectivity index (χ0n) is 9.34. The first kappa shape index (κ1) is 11.6. The summed E-state index contributed by atoms with van der Waals surface area (Å²) in [7, 11) is 1.56. The van der Waals surface area contributed by atoms with Crippen molar-refractivity contribution in [1.82, 2.24) is 4.98 Å². The third kappa shape index (κ3) is 2.62. The average Bonchev–Trinajstić information content (AvgIpc) is 2.82. The van der Waals surface area contributed by atoms with Gasteiger partial charge in [-0.1, -0.05) is 0 Å². The lowest BCUT2D eigenvalue weighted by Crippen LogP contribution is -2.07. The molecule has 0 radical (unpaired) electrons. The Morgan fingerprint density at radius 1 is 1.53 bits per heavy atom. The molecule has 2 aromatic rings. The Morgan fingerprint density at radius 2 is 2.35 bits per heavy atom. The van der Waals surface area contributed by atoms with Crippen molar-refractivity contribution in [3.05, 3.63) is 40.3 Å². The minimum absolute atomic E-state index is 0.0450. The summed E-state index contributed by atoms with van der Waals surface area (Å²) in [5, 5.41) is 2.63. The highest BCUT2D eigenvalue weighted by Crippen LogP contribution is 2.21. The standard InChI is InChI=1S/C12H12N2O2S/c1-16-8-2-3-10(13)9(6-8)11(15)7-12-14-4-5-17-12/h2-6H,7,13H2,1H3. The molecule has 0 bridgehead atoms. The van der Waals surface area contributed by atoms with Crippen LogP contribution in [-0.4, -0.2) is 17.9 Å². The van der Waals surface area contributed by atoms with Gasteiger partial charge in [-0.05, 0) is 18.2 Å². The number of nitrogen functional groups attached to an aromatic ring is 1. The molecule has 0 atom stereocenters. The van der Waals surface area contributed by atoms with E-state index in [0.29, 0.717) is 17.0 Å². The number of carbonyl (C=O) groups is 1. The third-order valence-electron chi connectivity index (χ3n) is 2.36. The number of hydrogen-bond donors (Lipinski definition) is 1. The Balaban J connectivity index is 2.24. The number of anilines is 1. The lowest BCUT2D eigenvalue weighted by Gasteiger charge is -2.06. The number of hydrogen-bond acceptors (Lipinski definition) is 5. The fourth-order valence-corrected chi connectivity index (χ4v) is 2.09. The predicted octanol–water partition coefficient (Wildman–Crippen LogP) is 2.16. The molecule has 17 heavy (non-hydrogen) atoms. The van der Waals surface area contributed by atoms with Gasteiger partial charge in [0.25, 0.3) is 0 Å². The van der Waals surface area contributed by atoms with E-state index in [4.69, 9.17) is 10.5 Å². The van der Waals surface area contributed by atoms with Gasteiger partial charge < -0.3 is 10.5 Å². The van der Waals surface area contributed by atoms with Crippen molar-refractivity contribution in [1.29, 1.82) is 0 Å². The third-order valence-corrected chi connectivity index (χ3v) is 3.14. The lowest BCUT2D eigenvalue weighted by molar-refractivity contribution is 0.0993. The summed E-state index contributed by atoms with van der Waals surface area (Å²) in [4.78, 5) is 16.1. The van der Waals surface area contributed by atoms with Gasteiger partial charge in [-0.2, -0.15) is 0 Å². The van der Waals surface area contributed by atoms with Crippen LogP contribution in [0.3, 0.4) is 0 Å². The summed E-state index contributed by atoms with van der Waals surface area (Å²) in [6.07, 6.45) is 1.96. The molecule has 0 spiro atoms. The van der Waals surface area contributed by atoms with Crippen molar-refractivity contribution < 1.29 is 9.53 Å². The topological polar surface area (TPSA) is 65.2 Å². The first-order valence-electron chi connectivity index (χ1n) is 5.06. The van der Waals surface area contributed by atoms with E-state index >= 15 is 0 Å². The number of benzene rings is 1. The summed E-state index contributed by atoms with van der Waals surface area (Å²) in [5.41, 5.74) is 6.73. The molecule has 0 saturated carbocycles. The second-order valence-electron chi connectivity index (χ2n) is 3.48. The van der Waals surface area contributed by atoms with Crippen LogP contribution in [0.4, 0.5) is 5.69 Å². The Labute approximate surface area is 103 Å². The highest BCUT2D eigenvalue weighted by atomic mass is 32.1. The largest absolute Gasteiger partial charge is 0.497 e. The van der Waals surface area contributed by atoms with Crippen LogP contribution in [0.25, 0.3) is 0 Å². The molecule has 5 heteroatoms. The molecule has 0 aliphatic rings. The summed E-state index contributed by atoms with van der Waals surface area (Å²) >= 11 is 1.46. The smallest absolute Gasteiger partial charge is 0.171 e. The minimum atomic E-state index is -0.0450. The predicted molar refractivity (Wildman–Crippen MR) is 67.6 cm³/mol. The van der Waals surface area contributed by atoms with Gasteiger partial charge in [0.15, 0.2) is 5.78 Å².